The van der Waals surface area contributed by atoms with E-state index in [1.165, 1.54) is 49.6 Å². The first kappa shape index (κ1) is 36.2. The van der Waals surface area contributed by atoms with E-state index >= 15 is 8.78 Å². The molecular weight excluding hydrogens is 665 g/mol. The maximum Gasteiger partial charge on any atom is 0.416 e. The number of aliphatic hydroxyl groups is 2. The molecule has 1 fully saturated rings. The number of hydrogen-bond acceptors (Lipinski definition) is 7. The third-order valence-corrected chi connectivity index (χ3v) is 8.77. The van der Waals surface area contributed by atoms with E-state index in [1.807, 2.05) is 0 Å². The van der Waals surface area contributed by atoms with Gasteiger partial charge >= 0.3 is 6.18 Å². The summed E-state index contributed by atoms with van der Waals surface area (Å²) in [7, 11) is 2.65. The highest BCUT2D eigenvalue weighted by atomic mass is 19.4. The second kappa shape index (κ2) is 14.4. The number of ether oxygens (including phenoxy) is 2. The van der Waals surface area contributed by atoms with Crippen LogP contribution in [0, 0.1) is 23.5 Å². The fourth-order valence-corrected chi connectivity index (χ4v) is 6.18. The largest absolute Gasteiger partial charge is 0.509 e. The highest BCUT2D eigenvalue weighted by Crippen LogP contribution is 2.45. The predicted octanol–water partition coefficient (Wildman–Crippen LogP) is 6.35. The monoisotopic (exact) mass is 699 g/mol. The minimum absolute atomic E-state index is 0.0809. The van der Waals surface area contributed by atoms with Crippen LogP contribution in [-0.2, 0) is 22.3 Å². The third-order valence-electron chi connectivity index (χ3n) is 8.77. The molecular formula is C36H34F5N3O6. The Kier molecular flexibility index (Phi) is 10.4. The average Bonchev–Trinajstić information content (AvgIpc) is 3.49. The molecule has 3 aromatic carbocycles. The summed E-state index contributed by atoms with van der Waals surface area (Å²) in [6.07, 6.45) is -3.32. The Morgan fingerprint density at radius 1 is 1.06 bits per heavy atom. The molecule has 264 valence electrons. The predicted molar refractivity (Wildman–Crippen MR) is 173 cm³/mol. The van der Waals surface area contributed by atoms with Crippen molar-refractivity contribution in [2.75, 3.05) is 32.7 Å². The van der Waals surface area contributed by atoms with Gasteiger partial charge in [0.05, 0.1) is 37.4 Å². The van der Waals surface area contributed by atoms with E-state index in [-0.39, 0.29) is 59.0 Å². The summed E-state index contributed by atoms with van der Waals surface area (Å²) in [5.74, 6) is 0.262. The first-order valence-corrected chi connectivity index (χ1v) is 15.6. The van der Waals surface area contributed by atoms with Gasteiger partial charge in [-0.25, -0.2) is 13.8 Å². The standard InChI is InChI=1S/C36H34F5N3O6/c1-35-16-8-17-44(35)43(20-22-13-12-21(29(37)30(22)38)9-5-4-6-18-45)34(48)28(32(35)46)33(47)42-26-15-14-23(36(39,40)41)19-25(26)24-10-7-11-27(49-2)31(24)50-3/h7,10-15,19,45-46H,4,6,8,16-18,20H2,1-3H3,(H,42,47)/t35-/m1/s1. The SMILES string of the molecule is COc1cccc(-c2cc(C(F)(F)F)ccc2NC(=O)C2=C(O)[C@@]3(C)CCCN3N(Cc3ccc(C#CCCCO)c(F)c3F)C2=O)c1OC. The van der Waals surface area contributed by atoms with Crippen molar-refractivity contribution in [3.63, 3.8) is 0 Å². The van der Waals surface area contributed by atoms with E-state index in [0.29, 0.717) is 19.3 Å². The summed E-state index contributed by atoms with van der Waals surface area (Å²) in [5.41, 5.74) is -3.57. The van der Waals surface area contributed by atoms with Gasteiger partial charge in [-0.2, -0.15) is 13.2 Å². The van der Waals surface area contributed by atoms with Gasteiger partial charge in [0.1, 0.15) is 11.3 Å². The van der Waals surface area contributed by atoms with Gasteiger partial charge < -0.3 is 25.0 Å². The van der Waals surface area contributed by atoms with Crippen molar-refractivity contribution in [1.82, 2.24) is 10.0 Å². The Morgan fingerprint density at radius 3 is 2.50 bits per heavy atom. The molecule has 1 saturated heterocycles. The van der Waals surface area contributed by atoms with E-state index in [1.54, 1.807) is 6.92 Å². The zero-order chi connectivity index (χ0) is 36.4. The number of nitrogens with zero attached hydrogens (tertiary/aromatic N) is 2. The topological polar surface area (TPSA) is 112 Å². The highest BCUT2D eigenvalue weighted by Gasteiger charge is 2.53. The molecule has 1 atom stereocenters. The lowest BCUT2D eigenvalue weighted by atomic mass is 9.90. The maximum atomic E-state index is 15.3. The van der Waals surface area contributed by atoms with Crippen LogP contribution >= 0.6 is 0 Å². The number of methoxy groups -OCH3 is 2. The van der Waals surface area contributed by atoms with Crippen molar-refractivity contribution in [2.45, 2.75) is 50.9 Å². The molecule has 0 saturated carbocycles. The molecule has 0 radical (unpaired) electrons. The molecule has 0 spiro atoms. The number of carbonyl (C=O) groups is 2. The zero-order valence-electron chi connectivity index (χ0n) is 27.4. The van der Waals surface area contributed by atoms with Crippen LogP contribution in [0.2, 0.25) is 0 Å². The number of aliphatic hydroxyl groups excluding tert-OH is 2. The summed E-state index contributed by atoms with van der Waals surface area (Å²) in [4.78, 5) is 27.9. The molecule has 0 aromatic heterocycles. The first-order valence-electron chi connectivity index (χ1n) is 15.6. The average molecular weight is 700 g/mol. The number of hydrogen-bond donors (Lipinski definition) is 3. The van der Waals surface area contributed by atoms with Gasteiger partial charge in [-0.3, -0.25) is 14.6 Å². The van der Waals surface area contributed by atoms with Crippen LogP contribution in [0.1, 0.15) is 49.3 Å². The van der Waals surface area contributed by atoms with Crippen molar-refractivity contribution in [3.8, 4) is 34.5 Å². The molecule has 14 heteroatoms. The Bertz CT molecular complexity index is 1920. The molecule has 2 heterocycles. The number of nitrogens with one attached hydrogen (secondary N) is 1. The van der Waals surface area contributed by atoms with Crippen LogP contribution in [0.4, 0.5) is 27.6 Å². The Labute approximate surface area is 284 Å². The van der Waals surface area contributed by atoms with Gasteiger partial charge in [0.25, 0.3) is 11.8 Å². The van der Waals surface area contributed by atoms with Crippen molar-refractivity contribution < 1.29 is 51.2 Å². The lowest BCUT2D eigenvalue weighted by Gasteiger charge is -2.46. The Hall–Kier alpha value is -5.13. The van der Waals surface area contributed by atoms with E-state index in [2.05, 4.69) is 17.2 Å². The number of alkyl halides is 3. The molecule has 0 aliphatic carbocycles. The van der Waals surface area contributed by atoms with Crippen LogP contribution in [0.5, 0.6) is 11.5 Å². The number of halogens is 5. The fraction of sp³-hybridized carbons (Fsp3) is 0.333. The minimum atomic E-state index is -4.75. The lowest BCUT2D eigenvalue weighted by molar-refractivity contribution is -0.160. The Balaban J connectivity index is 1.53. The van der Waals surface area contributed by atoms with Crippen LogP contribution in [0.25, 0.3) is 11.1 Å². The number of amides is 2. The summed E-state index contributed by atoms with van der Waals surface area (Å²) >= 11 is 0. The number of carbonyl (C=O) groups excluding carboxylic acids is 2. The maximum absolute atomic E-state index is 15.3. The molecule has 5 rings (SSSR count). The summed E-state index contributed by atoms with van der Waals surface area (Å²) < 4.78 is 82.6. The molecule has 0 unspecified atom stereocenters. The van der Waals surface area contributed by atoms with Crippen molar-refractivity contribution in [3.05, 3.63) is 88.2 Å². The first-order chi connectivity index (χ1) is 23.8. The molecule has 2 aliphatic rings. The number of hydrazine groups is 1. The van der Waals surface area contributed by atoms with Gasteiger partial charge in [0.2, 0.25) is 0 Å². The normalized spacial score (nSPS) is 17.7. The van der Waals surface area contributed by atoms with Crippen LogP contribution in [0.3, 0.4) is 0 Å². The van der Waals surface area contributed by atoms with Crippen molar-refractivity contribution >= 4 is 17.5 Å². The molecule has 0 bridgehead atoms. The second-order valence-electron chi connectivity index (χ2n) is 11.9. The molecule has 3 aromatic rings. The van der Waals surface area contributed by atoms with Crippen molar-refractivity contribution in [2.24, 2.45) is 0 Å². The zero-order valence-corrected chi connectivity index (χ0v) is 27.4. The van der Waals surface area contributed by atoms with Gasteiger partial charge in [0.15, 0.2) is 23.1 Å². The van der Waals surface area contributed by atoms with Crippen LogP contribution < -0.4 is 14.8 Å². The minimum Gasteiger partial charge on any atom is -0.509 e. The Morgan fingerprint density at radius 2 is 1.82 bits per heavy atom. The number of fused-ring (bicyclic) bond motifs is 1. The van der Waals surface area contributed by atoms with Crippen molar-refractivity contribution in [1.29, 1.82) is 0 Å². The van der Waals surface area contributed by atoms with Gasteiger partial charge in [0, 0.05) is 42.0 Å². The molecule has 50 heavy (non-hydrogen) atoms. The number of unbranched alkanes of at least 4 members (excludes halogenated alkanes) is 1. The molecule has 2 aliphatic heterocycles. The molecule has 2 amide bonds. The lowest BCUT2D eigenvalue weighted by Crippen LogP contribution is -2.60. The van der Waals surface area contributed by atoms with Crippen LogP contribution in [0.15, 0.2) is 59.9 Å². The smallest absolute Gasteiger partial charge is 0.416 e. The number of rotatable bonds is 9. The number of anilines is 1. The van der Waals surface area contributed by atoms with E-state index in [0.717, 1.165) is 23.2 Å². The molecule has 3 N–H and O–H groups in total. The fourth-order valence-electron chi connectivity index (χ4n) is 6.18. The van der Waals surface area contributed by atoms with E-state index in [4.69, 9.17) is 14.6 Å². The van der Waals surface area contributed by atoms with Crippen LogP contribution in [-0.4, -0.2) is 65.0 Å². The van der Waals surface area contributed by atoms with Gasteiger partial charge in [-0.1, -0.05) is 30.0 Å². The summed E-state index contributed by atoms with van der Waals surface area (Å²) in [6, 6.07) is 9.64. The second-order valence-corrected chi connectivity index (χ2v) is 11.9. The number of benzene rings is 3. The summed E-state index contributed by atoms with van der Waals surface area (Å²) in [6.45, 7) is 1.23. The number of para-hydroxylation sites is 1. The molecule has 9 nitrogen and oxygen atoms in total. The summed E-state index contributed by atoms with van der Waals surface area (Å²) in [5, 5.41) is 25.4. The van der Waals surface area contributed by atoms with E-state index < -0.39 is 58.6 Å². The third kappa shape index (κ3) is 6.71. The highest BCUT2D eigenvalue weighted by molar-refractivity contribution is 6.24. The van der Waals surface area contributed by atoms with Gasteiger partial charge in [-0.05, 0) is 56.5 Å². The quantitative estimate of drug-likeness (QED) is 0.103. The van der Waals surface area contributed by atoms with E-state index in [9.17, 15) is 27.9 Å². The van der Waals surface area contributed by atoms with Gasteiger partial charge in [-0.15, -0.1) is 0 Å².